The highest BCUT2D eigenvalue weighted by Gasteiger charge is 2.09. The van der Waals surface area contributed by atoms with Crippen molar-refractivity contribution in [3.8, 4) is 0 Å². The number of aryl methyl sites for hydroxylation is 1. The van der Waals surface area contributed by atoms with Gasteiger partial charge < -0.3 is 0 Å². The summed E-state index contributed by atoms with van der Waals surface area (Å²) in [4.78, 5) is 0. The van der Waals surface area contributed by atoms with Crippen molar-refractivity contribution < 1.29 is 0 Å². The largest absolute Gasteiger partial charge is 0.0654 e. The molecule has 0 aromatic heterocycles. The Morgan fingerprint density at radius 2 is 0.562 bits per heavy atom. The molecule has 0 atom stereocenters. The van der Waals surface area contributed by atoms with Crippen LogP contribution in [0.3, 0.4) is 0 Å². The minimum absolute atomic E-state index is 1.23. The molecular formula is C46H84Br2. The molecule has 0 saturated heterocycles. The SMILES string of the molecule is CCCCCCCCCCCCCCCCCCCCc1cc(Br)cc(Br)c1CCCCCCCCCCCCCCCCCCCC. The van der Waals surface area contributed by atoms with Gasteiger partial charge in [-0.15, -0.1) is 0 Å². The van der Waals surface area contributed by atoms with Gasteiger partial charge >= 0.3 is 0 Å². The summed E-state index contributed by atoms with van der Waals surface area (Å²) in [5.41, 5.74) is 3.17. The lowest BCUT2D eigenvalue weighted by molar-refractivity contribution is 0.524. The van der Waals surface area contributed by atoms with E-state index in [-0.39, 0.29) is 0 Å². The number of rotatable bonds is 38. The van der Waals surface area contributed by atoms with Gasteiger partial charge in [-0.25, -0.2) is 0 Å². The third kappa shape index (κ3) is 29.9. The van der Waals surface area contributed by atoms with Gasteiger partial charge in [-0.1, -0.05) is 264 Å². The number of benzene rings is 1. The number of hydrogen-bond donors (Lipinski definition) is 0. The molecule has 0 unspecified atom stereocenters. The van der Waals surface area contributed by atoms with Crippen molar-refractivity contribution in [2.24, 2.45) is 0 Å². The Morgan fingerprint density at radius 3 is 0.854 bits per heavy atom. The van der Waals surface area contributed by atoms with Gasteiger partial charge in [0.25, 0.3) is 0 Å². The van der Waals surface area contributed by atoms with E-state index >= 15 is 0 Å². The second-order valence-electron chi connectivity index (χ2n) is 15.5. The highest BCUT2D eigenvalue weighted by atomic mass is 79.9. The van der Waals surface area contributed by atoms with Crippen LogP contribution in [0.25, 0.3) is 0 Å². The highest BCUT2D eigenvalue weighted by Crippen LogP contribution is 2.29. The first-order valence-corrected chi connectivity index (χ1v) is 23.7. The summed E-state index contributed by atoms with van der Waals surface area (Å²) in [6.07, 6.45) is 54.5. The van der Waals surface area contributed by atoms with Gasteiger partial charge in [-0.3, -0.25) is 0 Å². The molecule has 0 amide bonds. The Balaban J connectivity index is 1.97. The van der Waals surface area contributed by atoms with Crippen molar-refractivity contribution in [3.05, 3.63) is 32.2 Å². The van der Waals surface area contributed by atoms with Gasteiger partial charge in [-0.05, 0) is 48.9 Å². The highest BCUT2D eigenvalue weighted by molar-refractivity contribution is 9.11. The van der Waals surface area contributed by atoms with Crippen molar-refractivity contribution in [2.45, 2.75) is 258 Å². The Morgan fingerprint density at radius 1 is 0.312 bits per heavy atom. The maximum absolute atomic E-state index is 3.92. The van der Waals surface area contributed by atoms with Crippen LogP contribution in [0.15, 0.2) is 21.1 Å². The molecular weight excluding hydrogens is 712 g/mol. The predicted octanol–water partition coefficient (Wildman–Crippen LogP) is 18.4. The lowest BCUT2D eigenvalue weighted by Gasteiger charge is -2.13. The fourth-order valence-corrected chi connectivity index (χ4v) is 9.09. The summed E-state index contributed by atoms with van der Waals surface area (Å²) in [6.45, 7) is 4.62. The summed E-state index contributed by atoms with van der Waals surface area (Å²) >= 11 is 7.68. The van der Waals surface area contributed by atoms with Crippen molar-refractivity contribution in [2.75, 3.05) is 0 Å². The zero-order valence-corrected chi connectivity index (χ0v) is 36.0. The van der Waals surface area contributed by atoms with Gasteiger partial charge in [0.2, 0.25) is 0 Å². The second-order valence-corrected chi connectivity index (χ2v) is 17.3. The predicted molar refractivity (Wildman–Crippen MR) is 227 cm³/mol. The van der Waals surface area contributed by atoms with E-state index in [9.17, 15) is 0 Å². The molecule has 0 spiro atoms. The van der Waals surface area contributed by atoms with Crippen molar-refractivity contribution in [3.63, 3.8) is 0 Å². The molecule has 1 aromatic carbocycles. The quantitative estimate of drug-likeness (QED) is 0.0585. The topological polar surface area (TPSA) is 0 Å². The smallest absolute Gasteiger partial charge is 0.0221 e. The van der Waals surface area contributed by atoms with E-state index in [1.165, 1.54) is 253 Å². The summed E-state index contributed by atoms with van der Waals surface area (Å²) in [7, 11) is 0. The molecule has 0 N–H and O–H groups in total. The van der Waals surface area contributed by atoms with E-state index in [4.69, 9.17) is 0 Å². The zero-order valence-electron chi connectivity index (χ0n) is 32.8. The maximum atomic E-state index is 3.92. The fourth-order valence-electron chi connectivity index (χ4n) is 7.58. The van der Waals surface area contributed by atoms with Gasteiger partial charge in [0.05, 0.1) is 0 Å². The molecule has 0 aliphatic rings. The Bertz CT molecular complexity index is 786. The minimum Gasteiger partial charge on any atom is -0.0654 e. The van der Waals surface area contributed by atoms with Crippen molar-refractivity contribution in [1.82, 2.24) is 0 Å². The zero-order chi connectivity index (χ0) is 34.6. The van der Waals surface area contributed by atoms with E-state index in [0.29, 0.717) is 0 Å². The summed E-state index contributed by atoms with van der Waals surface area (Å²) < 4.78 is 2.55. The lowest BCUT2D eigenvalue weighted by atomic mass is 9.96. The number of halogens is 2. The second kappa shape index (κ2) is 37.0. The fraction of sp³-hybridized carbons (Fsp3) is 0.870. The first-order valence-electron chi connectivity index (χ1n) is 22.2. The van der Waals surface area contributed by atoms with Gasteiger partial charge in [0, 0.05) is 8.95 Å². The molecule has 0 heterocycles. The summed E-state index contributed by atoms with van der Waals surface area (Å²) in [5, 5.41) is 0. The molecule has 282 valence electrons. The van der Waals surface area contributed by atoms with E-state index in [0.717, 1.165) is 0 Å². The van der Waals surface area contributed by atoms with E-state index < -0.39 is 0 Å². The molecule has 48 heavy (non-hydrogen) atoms. The monoisotopic (exact) mass is 794 g/mol. The Kier molecular flexibility index (Phi) is 35.6. The first kappa shape index (κ1) is 46.2. The molecule has 0 saturated carbocycles. The summed E-state index contributed by atoms with van der Waals surface area (Å²) in [6, 6.07) is 4.67. The average molecular weight is 797 g/mol. The van der Waals surface area contributed by atoms with Gasteiger partial charge in [-0.2, -0.15) is 0 Å². The molecule has 0 aliphatic heterocycles. The first-order chi connectivity index (χ1) is 23.7. The number of hydrogen-bond acceptors (Lipinski definition) is 0. The van der Waals surface area contributed by atoms with Crippen molar-refractivity contribution in [1.29, 1.82) is 0 Å². The summed E-state index contributed by atoms with van der Waals surface area (Å²) in [5.74, 6) is 0. The third-order valence-corrected chi connectivity index (χ3v) is 12.0. The minimum atomic E-state index is 1.23. The normalized spacial score (nSPS) is 11.6. The molecule has 0 fully saturated rings. The molecule has 0 nitrogen and oxygen atoms in total. The van der Waals surface area contributed by atoms with Crippen LogP contribution < -0.4 is 0 Å². The van der Waals surface area contributed by atoms with E-state index in [1.807, 2.05) is 0 Å². The number of unbranched alkanes of at least 4 members (excludes halogenated alkanes) is 34. The van der Waals surface area contributed by atoms with Gasteiger partial charge in [0.15, 0.2) is 0 Å². The van der Waals surface area contributed by atoms with Crippen LogP contribution in [0.4, 0.5) is 0 Å². The molecule has 0 radical (unpaired) electrons. The third-order valence-electron chi connectivity index (χ3n) is 10.8. The van der Waals surface area contributed by atoms with Crippen LogP contribution in [0.5, 0.6) is 0 Å². The molecule has 1 aromatic rings. The average Bonchev–Trinajstić information content (AvgIpc) is 3.08. The van der Waals surface area contributed by atoms with Crippen LogP contribution in [-0.2, 0) is 12.8 Å². The lowest BCUT2D eigenvalue weighted by Crippen LogP contribution is -1.98. The van der Waals surface area contributed by atoms with Crippen LogP contribution in [-0.4, -0.2) is 0 Å². The van der Waals surface area contributed by atoms with E-state index in [1.54, 1.807) is 11.1 Å². The van der Waals surface area contributed by atoms with Crippen LogP contribution >= 0.6 is 31.9 Å². The van der Waals surface area contributed by atoms with E-state index in [2.05, 4.69) is 57.8 Å². The standard InChI is InChI=1S/C46H84Br2/c1-3-5-7-9-11-13-15-17-19-21-23-25-27-29-31-33-35-37-39-43-41-44(47)42-46(48)45(43)40-38-36-34-32-30-28-26-24-22-20-18-16-14-12-10-8-6-4-2/h41-42H,3-40H2,1-2H3. The van der Waals surface area contributed by atoms with Crippen LogP contribution in [0.2, 0.25) is 0 Å². The van der Waals surface area contributed by atoms with Crippen LogP contribution in [0.1, 0.15) is 256 Å². The van der Waals surface area contributed by atoms with Crippen LogP contribution in [0, 0.1) is 0 Å². The molecule has 0 bridgehead atoms. The molecule has 1 rings (SSSR count). The van der Waals surface area contributed by atoms with Gasteiger partial charge in [0.1, 0.15) is 0 Å². The molecule has 2 heteroatoms. The Hall–Kier alpha value is 0.180. The molecule has 0 aliphatic carbocycles. The van der Waals surface area contributed by atoms with Crippen molar-refractivity contribution >= 4 is 31.9 Å². The maximum Gasteiger partial charge on any atom is 0.0221 e. The Labute approximate surface area is 320 Å².